The van der Waals surface area contributed by atoms with Crippen LogP contribution in [0.4, 0.5) is 5.82 Å². The Hall–Kier alpha value is -2.10. The second-order valence-corrected chi connectivity index (χ2v) is 6.08. The summed E-state index contributed by atoms with van der Waals surface area (Å²) >= 11 is 0. The van der Waals surface area contributed by atoms with Crippen LogP contribution in [0, 0.1) is 6.92 Å². The van der Waals surface area contributed by atoms with Crippen LogP contribution in [0.5, 0.6) is 0 Å². The van der Waals surface area contributed by atoms with Gasteiger partial charge < -0.3 is 5.32 Å². The predicted octanol–water partition coefficient (Wildman–Crippen LogP) is 3.66. The minimum atomic E-state index is 0.0824. The zero-order valence-electron chi connectivity index (χ0n) is 13.3. The first-order chi connectivity index (χ1) is 10.7. The van der Waals surface area contributed by atoms with E-state index in [1.807, 2.05) is 17.7 Å². The van der Waals surface area contributed by atoms with E-state index >= 15 is 0 Å². The van der Waals surface area contributed by atoms with E-state index in [-0.39, 0.29) is 5.91 Å². The lowest BCUT2D eigenvalue weighted by molar-refractivity contribution is -0.116. The van der Waals surface area contributed by atoms with E-state index in [0.29, 0.717) is 12.3 Å². The predicted molar refractivity (Wildman–Crippen MR) is 88.0 cm³/mol. The van der Waals surface area contributed by atoms with Crippen molar-refractivity contribution < 1.29 is 4.79 Å². The van der Waals surface area contributed by atoms with Crippen molar-refractivity contribution in [3.05, 3.63) is 47.2 Å². The molecule has 0 spiro atoms. The molecule has 116 valence electrons. The second-order valence-electron chi connectivity index (χ2n) is 6.08. The molecule has 22 heavy (non-hydrogen) atoms. The maximum Gasteiger partial charge on any atom is 0.226 e. The molecule has 2 aromatic rings. The molecule has 4 nitrogen and oxygen atoms in total. The number of nitrogens with one attached hydrogen (secondary N) is 1. The molecule has 1 aromatic heterocycles. The summed E-state index contributed by atoms with van der Waals surface area (Å²) in [5.41, 5.74) is 3.68. The maximum atomic E-state index is 12.4. The third kappa shape index (κ3) is 3.06. The summed E-state index contributed by atoms with van der Waals surface area (Å²) in [6, 6.07) is 10.4. The van der Waals surface area contributed by atoms with E-state index in [1.54, 1.807) is 0 Å². The van der Waals surface area contributed by atoms with Crippen LogP contribution in [0.1, 0.15) is 48.9 Å². The molecule has 1 aliphatic carbocycles. The molecule has 1 N–H and O–H groups in total. The van der Waals surface area contributed by atoms with Crippen LogP contribution >= 0.6 is 0 Å². The highest BCUT2D eigenvalue weighted by molar-refractivity contribution is 5.90. The number of amides is 1. The van der Waals surface area contributed by atoms with E-state index in [4.69, 9.17) is 0 Å². The van der Waals surface area contributed by atoms with Gasteiger partial charge in [0.25, 0.3) is 0 Å². The van der Waals surface area contributed by atoms with E-state index < -0.39 is 0 Å². The Balaban J connectivity index is 1.66. The average molecular weight is 297 g/mol. The van der Waals surface area contributed by atoms with Crippen molar-refractivity contribution in [2.24, 2.45) is 0 Å². The first-order valence-corrected chi connectivity index (χ1v) is 8.09. The van der Waals surface area contributed by atoms with Gasteiger partial charge in [-0.2, -0.15) is 5.10 Å². The van der Waals surface area contributed by atoms with Crippen LogP contribution in [-0.4, -0.2) is 15.7 Å². The van der Waals surface area contributed by atoms with Crippen molar-refractivity contribution in [2.45, 2.75) is 52.0 Å². The summed E-state index contributed by atoms with van der Waals surface area (Å²) in [5.74, 6) is 1.24. The van der Waals surface area contributed by atoms with E-state index in [2.05, 4.69) is 41.6 Å². The average Bonchev–Trinajstić information content (AvgIpc) is 3.04. The molecule has 0 bridgehead atoms. The summed E-state index contributed by atoms with van der Waals surface area (Å²) < 4.78 is 1.88. The fourth-order valence-corrected chi connectivity index (χ4v) is 3.30. The highest BCUT2D eigenvalue weighted by atomic mass is 16.1. The summed E-state index contributed by atoms with van der Waals surface area (Å²) in [6.45, 7) is 4.89. The number of carbonyl (C=O) groups is 1. The SMILES string of the molecule is CCCn1nc(C)cc1NC(=O)CC1CCc2ccccc21. The molecule has 1 atom stereocenters. The first kappa shape index (κ1) is 14.8. The fraction of sp³-hybridized carbons (Fsp3) is 0.444. The molecule has 0 saturated heterocycles. The van der Waals surface area contributed by atoms with Gasteiger partial charge in [0.1, 0.15) is 5.82 Å². The van der Waals surface area contributed by atoms with Crippen LogP contribution in [0.2, 0.25) is 0 Å². The quantitative estimate of drug-likeness (QED) is 0.915. The Morgan fingerprint density at radius 1 is 1.41 bits per heavy atom. The van der Waals surface area contributed by atoms with E-state index in [1.165, 1.54) is 11.1 Å². The Bertz CT molecular complexity index is 675. The number of fused-ring (bicyclic) bond motifs is 1. The minimum Gasteiger partial charge on any atom is -0.311 e. The molecule has 1 amide bonds. The van der Waals surface area contributed by atoms with Crippen molar-refractivity contribution >= 4 is 11.7 Å². The van der Waals surface area contributed by atoms with Crippen LogP contribution in [-0.2, 0) is 17.8 Å². The largest absolute Gasteiger partial charge is 0.311 e. The van der Waals surface area contributed by atoms with Crippen molar-refractivity contribution in [1.82, 2.24) is 9.78 Å². The highest BCUT2D eigenvalue weighted by Gasteiger charge is 2.24. The topological polar surface area (TPSA) is 46.9 Å². The molecular weight excluding hydrogens is 274 g/mol. The Kier molecular flexibility index (Phi) is 4.27. The van der Waals surface area contributed by atoms with Crippen LogP contribution in [0.3, 0.4) is 0 Å². The van der Waals surface area contributed by atoms with Gasteiger partial charge in [-0.3, -0.25) is 4.79 Å². The third-order valence-electron chi connectivity index (χ3n) is 4.29. The smallest absolute Gasteiger partial charge is 0.226 e. The lowest BCUT2D eigenvalue weighted by atomic mass is 9.97. The second kappa shape index (κ2) is 6.34. The van der Waals surface area contributed by atoms with Gasteiger partial charge >= 0.3 is 0 Å². The number of aromatic nitrogens is 2. The normalized spacial score (nSPS) is 16.5. The lowest BCUT2D eigenvalue weighted by Gasteiger charge is -2.12. The monoisotopic (exact) mass is 297 g/mol. The van der Waals surface area contributed by atoms with Gasteiger partial charge in [0.15, 0.2) is 0 Å². The van der Waals surface area contributed by atoms with Crippen LogP contribution < -0.4 is 5.32 Å². The van der Waals surface area contributed by atoms with Gasteiger partial charge in [0, 0.05) is 19.0 Å². The van der Waals surface area contributed by atoms with Crippen LogP contribution in [0.25, 0.3) is 0 Å². The Morgan fingerprint density at radius 2 is 2.23 bits per heavy atom. The first-order valence-electron chi connectivity index (χ1n) is 8.09. The molecule has 1 unspecified atom stereocenters. The van der Waals surface area contributed by atoms with Crippen LogP contribution in [0.15, 0.2) is 30.3 Å². The number of benzene rings is 1. The van der Waals surface area contributed by atoms with Gasteiger partial charge in [-0.05, 0) is 43.2 Å². The zero-order valence-corrected chi connectivity index (χ0v) is 13.3. The molecule has 3 rings (SSSR count). The van der Waals surface area contributed by atoms with Gasteiger partial charge in [-0.1, -0.05) is 31.2 Å². The van der Waals surface area contributed by atoms with Gasteiger partial charge in [0.05, 0.1) is 5.69 Å². The molecule has 0 saturated carbocycles. The van der Waals surface area contributed by atoms with Crippen molar-refractivity contribution in [2.75, 3.05) is 5.32 Å². The molecule has 0 aliphatic heterocycles. The Morgan fingerprint density at radius 3 is 3.05 bits per heavy atom. The summed E-state index contributed by atoms with van der Waals surface area (Å²) in [5, 5.41) is 7.46. The van der Waals surface area contributed by atoms with Gasteiger partial charge in [-0.15, -0.1) is 0 Å². The summed E-state index contributed by atoms with van der Waals surface area (Å²) in [7, 11) is 0. The van der Waals surface area contributed by atoms with Crippen molar-refractivity contribution in [3.8, 4) is 0 Å². The fourth-order valence-electron chi connectivity index (χ4n) is 3.30. The Labute approximate surface area is 131 Å². The number of hydrogen-bond acceptors (Lipinski definition) is 2. The molecule has 1 heterocycles. The zero-order chi connectivity index (χ0) is 15.5. The molecule has 1 aliphatic rings. The molecule has 0 fully saturated rings. The van der Waals surface area contributed by atoms with E-state index in [0.717, 1.165) is 37.3 Å². The number of anilines is 1. The number of hydrogen-bond donors (Lipinski definition) is 1. The maximum absolute atomic E-state index is 12.4. The standard InChI is InChI=1S/C18H23N3O/c1-3-10-21-17(11-13(2)20-21)19-18(22)12-15-9-8-14-6-4-5-7-16(14)15/h4-7,11,15H,3,8-10,12H2,1-2H3,(H,19,22). The summed E-state index contributed by atoms with van der Waals surface area (Å²) in [6.07, 6.45) is 3.70. The number of aryl methyl sites for hydroxylation is 3. The highest BCUT2D eigenvalue weighted by Crippen LogP contribution is 2.35. The minimum absolute atomic E-state index is 0.0824. The van der Waals surface area contributed by atoms with E-state index in [9.17, 15) is 4.79 Å². The molecule has 4 heteroatoms. The number of carbonyl (C=O) groups excluding carboxylic acids is 1. The molecule has 0 radical (unpaired) electrons. The third-order valence-corrected chi connectivity index (χ3v) is 4.29. The van der Waals surface area contributed by atoms with Gasteiger partial charge in [0.2, 0.25) is 5.91 Å². The molecule has 1 aromatic carbocycles. The summed E-state index contributed by atoms with van der Waals surface area (Å²) in [4.78, 5) is 12.4. The number of rotatable bonds is 5. The number of nitrogens with zero attached hydrogens (tertiary/aromatic N) is 2. The van der Waals surface area contributed by atoms with Gasteiger partial charge in [-0.25, -0.2) is 4.68 Å². The van der Waals surface area contributed by atoms with Crippen molar-refractivity contribution in [1.29, 1.82) is 0 Å². The van der Waals surface area contributed by atoms with Crippen molar-refractivity contribution in [3.63, 3.8) is 0 Å². The molecular formula is C18H23N3O. The lowest BCUT2D eigenvalue weighted by Crippen LogP contribution is -2.17.